The van der Waals surface area contributed by atoms with Crippen LogP contribution in [0.5, 0.6) is 0 Å². The number of nitrogens with one attached hydrogen (secondary N) is 1. The first kappa shape index (κ1) is 6.50. The van der Waals surface area contributed by atoms with Crippen molar-refractivity contribution in [1.82, 2.24) is 10.4 Å². The molecule has 9 heavy (non-hydrogen) atoms. The molecule has 0 aliphatic rings. The van der Waals surface area contributed by atoms with Crippen LogP contribution in [0.1, 0.15) is 0 Å². The molecule has 0 unspecified atom stereocenters. The maximum Gasteiger partial charge on any atom is 0.195 e. The molecule has 0 saturated carbocycles. The second-order valence-corrected chi connectivity index (χ2v) is 2.38. The number of aromatic nitrogens is 2. The molecule has 0 radical (unpaired) electrons. The number of rotatable bonds is 1. The zero-order valence-electron chi connectivity index (χ0n) is 4.24. The summed E-state index contributed by atoms with van der Waals surface area (Å²) in [6.45, 7) is 0. The number of hydrogen-bond acceptors (Lipinski definition) is 4. The lowest BCUT2D eigenvalue weighted by Crippen LogP contribution is -2.00. The highest BCUT2D eigenvalue weighted by Crippen LogP contribution is 1.99. The molecule has 0 saturated heterocycles. The van der Waals surface area contributed by atoms with E-state index in [2.05, 4.69) is 45.1 Å². The Labute approximate surface area is 62.0 Å². The monoisotopic (exact) mass is 161 g/mol. The molecule has 0 fully saturated rings. The van der Waals surface area contributed by atoms with E-state index in [-0.39, 0.29) is 0 Å². The van der Waals surface area contributed by atoms with Crippen LogP contribution >= 0.6 is 24.8 Å². The Balaban J connectivity index is 2.58. The minimum absolute atomic E-state index is 0.339. The highest BCUT2D eigenvalue weighted by molar-refractivity contribution is 8.11. The van der Waals surface area contributed by atoms with Crippen LogP contribution < -0.4 is 5.32 Å². The fourth-order valence-corrected chi connectivity index (χ4v) is 0.548. The van der Waals surface area contributed by atoms with Gasteiger partial charge in [0.05, 0.1) is 0 Å². The van der Waals surface area contributed by atoms with Crippen molar-refractivity contribution in [3.8, 4) is 0 Å². The van der Waals surface area contributed by atoms with Crippen molar-refractivity contribution in [1.29, 1.82) is 0 Å². The number of nitrogens with zero attached hydrogens (tertiary/aromatic N) is 2. The minimum atomic E-state index is 0.339. The first-order chi connectivity index (χ1) is 4.29. The minimum Gasteiger partial charge on any atom is -0.343 e. The van der Waals surface area contributed by atoms with Crippen LogP contribution in [0.4, 0.5) is 5.82 Å². The molecular weight excluding hydrogens is 158 g/mol. The molecule has 6 heteroatoms. The summed E-state index contributed by atoms with van der Waals surface area (Å²) in [5.74, 6) is 0.468. The summed E-state index contributed by atoms with van der Waals surface area (Å²) >= 11 is 8.38. The first-order valence-electron chi connectivity index (χ1n) is 2.06. The van der Waals surface area contributed by atoms with Crippen molar-refractivity contribution in [2.75, 3.05) is 5.32 Å². The highest BCUT2D eigenvalue weighted by atomic mass is 32.1. The van der Waals surface area contributed by atoms with Gasteiger partial charge in [0.15, 0.2) is 12.1 Å². The Morgan fingerprint density at radius 2 is 2.67 bits per heavy atom. The molecule has 4 nitrogen and oxygen atoms in total. The Morgan fingerprint density at radius 1 is 1.89 bits per heavy atom. The van der Waals surface area contributed by atoms with E-state index in [4.69, 9.17) is 0 Å². The van der Waals surface area contributed by atoms with Gasteiger partial charge >= 0.3 is 0 Å². The van der Waals surface area contributed by atoms with Crippen molar-refractivity contribution < 1.29 is 4.52 Å². The van der Waals surface area contributed by atoms with Crippen LogP contribution in [0.15, 0.2) is 10.8 Å². The normalized spacial score (nSPS) is 9.00. The maximum atomic E-state index is 4.59. The Hall–Kier alpha value is -0.620. The predicted octanol–water partition coefficient (Wildman–Crippen LogP) is 0.696. The Kier molecular flexibility index (Phi) is 2.01. The lowest BCUT2D eigenvalue weighted by molar-refractivity contribution is 0.393. The topological polar surface area (TPSA) is 51.0 Å². The standard InChI is InChI=1S/C3H3N3OS2/c8-3(9)4-2-1-7-6-5-2/h1H,(H2,4,8,9). The molecule has 0 bridgehead atoms. The van der Waals surface area contributed by atoms with Crippen LogP contribution in [0, 0.1) is 0 Å². The summed E-state index contributed by atoms with van der Waals surface area (Å²) in [5.41, 5.74) is 0. The van der Waals surface area contributed by atoms with Gasteiger partial charge in [0, 0.05) is 5.27 Å². The number of thiocarbonyl (C=S) groups is 1. The summed E-state index contributed by atoms with van der Waals surface area (Å²) in [6.07, 6.45) is 1.34. The van der Waals surface area contributed by atoms with Gasteiger partial charge in [-0.25, -0.2) is 0 Å². The largest absolute Gasteiger partial charge is 0.343 e. The lowest BCUT2D eigenvalue weighted by Gasteiger charge is -1.91. The smallest absolute Gasteiger partial charge is 0.195 e. The molecule has 0 atom stereocenters. The van der Waals surface area contributed by atoms with Crippen LogP contribution in [-0.2, 0) is 0 Å². The zero-order valence-corrected chi connectivity index (χ0v) is 5.95. The SMILES string of the molecule is S=C(S)Nc1conn1. The van der Waals surface area contributed by atoms with Gasteiger partial charge in [0.25, 0.3) is 0 Å². The van der Waals surface area contributed by atoms with Crippen LogP contribution in [0.2, 0.25) is 0 Å². The molecule has 0 amide bonds. The first-order valence-corrected chi connectivity index (χ1v) is 2.91. The fourth-order valence-electron chi connectivity index (χ4n) is 0.329. The van der Waals surface area contributed by atoms with Gasteiger partial charge in [-0.05, 0) is 0 Å². The average molecular weight is 161 g/mol. The van der Waals surface area contributed by atoms with E-state index in [9.17, 15) is 0 Å². The summed E-state index contributed by atoms with van der Waals surface area (Å²) < 4.78 is 4.74. The van der Waals surface area contributed by atoms with Gasteiger partial charge in [0.1, 0.15) is 4.32 Å². The van der Waals surface area contributed by atoms with E-state index in [0.717, 1.165) is 0 Å². The molecule has 1 aromatic rings. The zero-order chi connectivity index (χ0) is 6.69. The van der Waals surface area contributed by atoms with E-state index in [1.165, 1.54) is 6.26 Å². The number of thiol groups is 1. The Bertz CT molecular complexity index is 197. The lowest BCUT2D eigenvalue weighted by atomic mass is 10.8. The molecule has 1 rings (SSSR count). The third-order valence-corrected chi connectivity index (χ3v) is 0.809. The third-order valence-electron chi connectivity index (χ3n) is 0.595. The summed E-state index contributed by atoms with van der Waals surface area (Å²) in [6, 6.07) is 0. The molecular formula is C3H3N3OS2. The molecule has 0 aromatic carbocycles. The van der Waals surface area contributed by atoms with Gasteiger partial charge in [-0.15, -0.1) is 12.6 Å². The van der Waals surface area contributed by atoms with E-state index >= 15 is 0 Å². The summed E-state index contributed by atoms with van der Waals surface area (Å²) in [4.78, 5) is 0. The van der Waals surface area contributed by atoms with E-state index in [1.54, 1.807) is 0 Å². The quantitative estimate of drug-likeness (QED) is 0.469. The van der Waals surface area contributed by atoms with Gasteiger partial charge in [-0.2, -0.15) is 0 Å². The van der Waals surface area contributed by atoms with Crippen LogP contribution in [0.25, 0.3) is 0 Å². The summed E-state index contributed by atoms with van der Waals surface area (Å²) in [7, 11) is 0. The van der Waals surface area contributed by atoms with Crippen LogP contribution in [-0.4, -0.2) is 14.7 Å². The maximum absolute atomic E-state index is 4.59. The summed E-state index contributed by atoms with van der Waals surface area (Å²) in [5, 5.41) is 9.30. The molecule has 0 spiro atoms. The Morgan fingerprint density at radius 3 is 3.11 bits per heavy atom. The number of hydrogen-bond donors (Lipinski definition) is 2. The van der Waals surface area contributed by atoms with Gasteiger partial charge in [-0.1, -0.05) is 17.3 Å². The van der Waals surface area contributed by atoms with Gasteiger partial charge in [-0.3, -0.25) is 0 Å². The van der Waals surface area contributed by atoms with Crippen molar-refractivity contribution in [3.05, 3.63) is 6.26 Å². The second kappa shape index (κ2) is 2.79. The van der Waals surface area contributed by atoms with Crippen LogP contribution in [0.3, 0.4) is 0 Å². The molecule has 1 N–H and O–H groups in total. The molecule has 0 aliphatic carbocycles. The van der Waals surface area contributed by atoms with E-state index in [1.807, 2.05) is 0 Å². The van der Waals surface area contributed by atoms with Crippen molar-refractivity contribution in [3.63, 3.8) is 0 Å². The second-order valence-electron chi connectivity index (χ2n) is 1.22. The van der Waals surface area contributed by atoms with Crippen molar-refractivity contribution in [2.24, 2.45) is 0 Å². The van der Waals surface area contributed by atoms with E-state index in [0.29, 0.717) is 10.1 Å². The predicted molar refractivity (Wildman–Crippen MR) is 39.5 cm³/mol. The fraction of sp³-hybridized carbons (Fsp3) is 0. The third kappa shape index (κ3) is 1.98. The van der Waals surface area contributed by atoms with Crippen molar-refractivity contribution >= 4 is 35.0 Å². The van der Waals surface area contributed by atoms with E-state index < -0.39 is 0 Å². The average Bonchev–Trinajstić information content (AvgIpc) is 2.15. The van der Waals surface area contributed by atoms with Gasteiger partial charge in [0.2, 0.25) is 0 Å². The highest BCUT2D eigenvalue weighted by Gasteiger charge is 1.94. The molecule has 1 aromatic heterocycles. The molecule has 0 aliphatic heterocycles. The van der Waals surface area contributed by atoms with Gasteiger partial charge < -0.3 is 9.84 Å². The molecule has 48 valence electrons. The molecule has 1 heterocycles. The number of anilines is 1. The van der Waals surface area contributed by atoms with Crippen molar-refractivity contribution in [2.45, 2.75) is 0 Å².